The van der Waals surface area contributed by atoms with E-state index in [4.69, 9.17) is 0 Å². The highest BCUT2D eigenvalue weighted by Gasteiger charge is 2.30. The summed E-state index contributed by atoms with van der Waals surface area (Å²) in [7, 11) is 0. The van der Waals surface area contributed by atoms with Crippen molar-refractivity contribution in [3.63, 3.8) is 0 Å². The molecule has 30 heavy (non-hydrogen) atoms. The van der Waals surface area contributed by atoms with Crippen LogP contribution in [0.25, 0.3) is 0 Å². The molecule has 2 atom stereocenters. The minimum absolute atomic E-state index is 0.0747. The van der Waals surface area contributed by atoms with Crippen LogP contribution in [0.4, 0.5) is 13.2 Å². The van der Waals surface area contributed by atoms with Gasteiger partial charge in [-0.3, -0.25) is 9.59 Å². The second-order valence-electron chi connectivity index (χ2n) is 7.79. The van der Waals surface area contributed by atoms with E-state index in [0.717, 1.165) is 24.1 Å². The van der Waals surface area contributed by atoms with Gasteiger partial charge in [-0.1, -0.05) is 43.3 Å². The molecule has 0 aliphatic carbocycles. The highest BCUT2D eigenvalue weighted by atomic mass is 19.4. The van der Waals surface area contributed by atoms with Crippen molar-refractivity contribution < 1.29 is 22.8 Å². The van der Waals surface area contributed by atoms with Crippen molar-refractivity contribution in [2.24, 2.45) is 5.92 Å². The molecule has 1 unspecified atom stereocenters. The van der Waals surface area contributed by atoms with Crippen molar-refractivity contribution >= 4 is 11.8 Å². The summed E-state index contributed by atoms with van der Waals surface area (Å²) in [4.78, 5) is 26.9. The predicted octanol–water partition coefficient (Wildman–Crippen LogP) is 4.49. The highest BCUT2D eigenvalue weighted by Crippen LogP contribution is 2.30. The van der Waals surface area contributed by atoms with Gasteiger partial charge in [-0.15, -0.1) is 0 Å². The maximum atomic E-state index is 12.7. The lowest BCUT2D eigenvalue weighted by Gasteiger charge is -2.29. The molecule has 2 aromatic carbocycles. The lowest BCUT2D eigenvalue weighted by molar-refractivity contribution is -0.137. The number of nitrogens with zero attached hydrogens (tertiary/aromatic N) is 1. The van der Waals surface area contributed by atoms with Crippen LogP contribution in [0.15, 0.2) is 48.5 Å². The van der Waals surface area contributed by atoms with Gasteiger partial charge in [0.1, 0.15) is 0 Å². The minimum atomic E-state index is -4.39. The summed E-state index contributed by atoms with van der Waals surface area (Å²) in [6.07, 6.45) is -3.50. The molecule has 3 rings (SSSR count). The van der Waals surface area contributed by atoms with Gasteiger partial charge >= 0.3 is 6.18 Å². The Labute approximate surface area is 174 Å². The Morgan fingerprint density at radius 3 is 2.30 bits per heavy atom. The second-order valence-corrected chi connectivity index (χ2v) is 7.79. The fourth-order valence-electron chi connectivity index (χ4n) is 3.59. The maximum Gasteiger partial charge on any atom is 0.416 e. The summed E-state index contributed by atoms with van der Waals surface area (Å²) in [6.45, 7) is 4.57. The first-order chi connectivity index (χ1) is 14.1. The van der Waals surface area contributed by atoms with Crippen LogP contribution >= 0.6 is 0 Å². The topological polar surface area (TPSA) is 49.4 Å². The number of benzene rings is 2. The summed E-state index contributed by atoms with van der Waals surface area (Å²) in [5, 5.41) is 2.79. The minimum Gasteiger partial charge on any atom is -0.349 e. The van der Waals surface area contributed by atoms with Crippen LogP contribution in [0.2, 0.25) is 0 Å². The quantitative estimate of drug-likeness (QED) is 0.778. The van der Waals surface area contributed by atoms with E-state index in [1.54, 1.807) is 18.7 Å². The van der Waals surface area contributed by atoms with E-state index in [9.17, 15) is 22.8 Å². The SMILES string of the molecule is CC(NC(=O)[C@H](C)CC(=O)N1CCc2ccccc2C1)c1ccc(C(F)(F)F)cc1. The molecule has 7 heteroatoms. The molecule has 0 aromatic heterocycles. The number of rotatable bonds is 5. The Balaban J connectivity index is 1.53. The van der Waals surface area contributed by atoms with Crippen LogP contribution < -0.4 is 5.32 Å². The zero-order valence-electron chi connectivity index (χ0n) is 17.0. The largest absolute Gasteiger partial charge is 0.416 e. The van der Waals surface area contributed by atoms with E-state index in [1.807, 2.05) is 18.2 Å². The molecule has 1 aliphatic heterocycles. The monoisotopic (exact) mass is 418 g/mol. The third-order valence-electron chi connectivity index (χ3n) is 5.51. The smallest absolute Gasteiger partial charge is 0.349 e. The molecule has 1 aliphatic rings. The van der Waals surface area contributed by atoms with Gasteiger partial charge in [0.05, 0.1) is 11.6 Å². The molecule has 0 bridgehead atoms. The van der Waals surface area contributed by atoms with Gasteiger partial charge < -0.3 is 10.2 Å². The fourth-order valence-corrected chi connectivity index (χ4v) is 3.59. The average molecular weight is 418 g/mol. The zero-order chi connectivity index (χ0) is 21.9. The molecule has 4 nitrogen and oxygen atoms in total. The number of amides is 2. The van der Waals surface area contributed by atoms with Gasteiger partial charge in [-0.05, 0) is 42.2 Å². The average Bonchev–Trinajstić information content (AvgIpc) is 2.72. The highest BCUT2D eigenvalue weighted by molar-refractivity contribution is 5.85. The van der Waals surface area contributed by atoms with Crippen LogP contribution in [-0.4, -0.2) is 23.3 Å². The third kappa shape index (κ3) is 5.20. The second kappa shape index (κ2) is 8.90. The van der Waals surface area contributed by atoms with E-state index in [1.165, 1.54) is 17.7 Å². The van der Waals surface area contributed by atoms with Crippen LogP contribution in [0.1, 0.15) is 48.6 Å². The summed E-state index contributed by atoms with van der Waals surface area (Å²) in [5.74, 6) is -0.908. The summed E-state index contributed by atoms with van der Waals surface area (Å²) < 4.78 is 38.1. The van der Waals surface area contributed by atoms with Gasteiger partial charge in [0.2, 0.25) is 11.8 Å². The van der Waals surface area contributed by atoms with E-state index >= 15 is 0 Å². The van der Waals surface area contributed by atoms with Crippen LogP contribution in [0, 0.1) is 5.92 Å². The Morgan fingerprint density at radius 1 is 1.03 bits per heavy atom. The number of nitrogens with one attached hydrogen (secondary N) is 1. The van der Waals surface area contributed by atoms with E-state index in [-0.39, 0.29) is 18.2 Å². The Morgan fingerprint density at radius 2 is 1.67 bits per heavy atom. The van der Waals surface area contributed by atoms with Crippen molar-refractivity contribution in [2.45, 2.75) is 45.5 Å². The Hall–Kier alpha value is -2.83. The molecule has 2 aromatic rings. The zero-order valence-corrected chi connectivity index (χ0v) is 17.0. The fraction of sp³-hybridized carbons (Fsp3) is 0.391. The van der Waals surface area contributed by atoms with Crippen molar-refractivity contribution in [1.29, 1.82) is 0 Å². The molecule has 0 saturated heterocycles. The number of carbonyl (C=O) groups is 2. The Kier molecular flexibility index (Phi) is 6.48. The standard InChI is InChI=1S/C23H25F3N2O2/c1-15(13-21(29)28-12-11-18-5-3-4-6-19(18)14-28)22(30)27-16(2)17-7-9-20(10-8-17)23(24,25)26/h3-10,15-16H,11-14H2,1-2H3,(H,27,30)/t15-,16?/m1/s1. The number of hydrogen-bond acceptors (Lipinski definition) is 2. The molecule has 1 N–H and O–H groups in total. The molecule has 0 radical (unpaired) electrons. The van der Waals surface area contributed by atoms with Crippen LogP contribution in [-0.2, 0) is 28.7 Å². The van der Waals surface area contributed by atoms with Gasteiger partial charge in [0.25, 0.3) is 0 Å². The third-order valence-corrected chi connectivity index (χ3v) is 5.51. The first kappa shape index (κ1) is 21.9. The molecule has 2 amide bonds. The molecule has 0 saturated carbocycles. The number of carbonyl (C=O) groups excluding carboxylic acids is 2. The van der Waals surface area contributed by atoms with Gasteiger partial charge in [-0.25, -0.2) is 0 Å². The van der Waals surface area contributed by atoms with E-state index in [0.29, 0.717) is 18.7 Å². The normalized spacial score (nSPS) is 15.8. The summed E-state index contributed by atoms with van der Waals surface area (Å²) in [5.41, 5.74) is 2.22. The molecular weight excluding hydrogens is 393 g/mol. The number of hydrogen-bond donors (Lipinski definition) is 1. The number of alkyl halides is 3. The van der Waals surface area contributed by atoms with Gasteiger partial charge in [-0.2, -0.15) is 13.2 Å². The number of halogens is 3. The van der Waals surface area contributed by atoms with Crippen molar-refractivity contribution in [1.82, 2.24) is 10.2 Å². The Bertz CT molecular complexity index is 909. The molecule has 160 valence electrons. The molecule has 0 spiro atoms. The summed E-state index contributed by atoms with van der Waals surface area (Å²) >= 11 is 0. The first-order valence-electron chi connectivity index (χ1n) is 9.97. The van der Waals surface area contributed by atoms with Crippen LogP contribution in [0.5, 0.6) is 0 Å². The van der Waals surface area contributed by atoms with Crippen molar-refractivity contribution in [3.05, 3.63) is 70.8 Å². The maximum absolute atomic E-state index is 12.7. The number of fused-ring (bicyclic) bond motifs is 1. The van der Waals surface area contributed by atoms with Crippen molar-refractivity contribution in [3.8, 4) is 0 Å². The molecule has 0 fully saturated rings. The summed E-state index contributed by atoms with van der Waals surface area (Å²) in [6, 6.07) is 12.3. The van der Waals surface area contributed by atoms with E-state index in [2.05, 4.69) is 11.4 Å². The van der Waals surface area contributed by atoms with Gasteiger partial charge in [0.15, 0.2) is 0 Å². The van der Waals surface area contributed by atoms with Crippen molar-refractivity contribution in [2.75, 3.05) is 6.54 Å². The predicted molar refractivity (Wildman–Crippen MR) is 107 cm³/mol. The molecule has 1 heterocycles. The lowest BCUT2D eigenvalue weighted by atomic mass is 9.98. The van der Waals surface area contributed by atoms with Crippen LogP contribution in [0.3, 0.4) is 0 Å². The lowest BCUT2D eigenvalue weighted by Crippen LogP contribution is -2.39. The first-order valence-corrected chi connectivity index (χ1v) is 9.97. The van der Waals surface area contributed by atoms with Gasteiger partial charge in [0, 0.05) is 25.4 Å². The van der Waals surface area contributed by atoms with E-state index < -0.39 is 23.7 Å². The molecular formula is C23H25F3N2O2.